The van der Waals surface area contributed by atoms with Gasteiger partial charge in [0.1, 0.15) is 12.1 Å². The van der Waals surface area contributed by atoms with Gasteiger partial charge < -0.3 is 4.79 Å². The van der Waals surface area contributed by atoms with Crippen LogP contribution in [-0.2, 0) is 11.3 Å². The second-order valence-electron chi connectivity index (χ2n) is 5.93. The minimum absolute atomic E-state index is 0.0657. The summed E-state index contributed by atoms with van der Waals surface area (Å²) in [5, 5.41) is 0. The van der Waals surface area contributed by atoms with Crippen LogP contribution < -0.4 is 0 Å². The van der Waals surface area contributed by atoms with Gasteiger partial charge in [-0.25, -0.2) is 4.39 Å². The number of nitrogens with zero attached hydrogens (tertiary/aromatic N) is 1. The zero-order valence-electron chi connectivity index (χ0n) is 12.5. The maximum atomic E-state index is 13.0. The molecule has 114 valence electrons. The molecule has 3 rings (SSSR count). The summed E-state index contributed by atoms with van der Waals surface area (Å²) in [6, 6.07) is 16.9. The Bertz CT molecular complexity index is 611. The average Bonchev–Trinajstić information content (AvgIpc) is 2.57. The molecule has 1 heterocycles. The van der Waals surface area contributed by atoms with E-state index >= 15 is 0 Å². The van der Waals surface area contributed by atoms with E-state index in [0.717, 1.165) is 37.8 Å². The molecule has 22 heavy (non-hydrogen) atoms. The van der Waals surface area contributed by atoms with Crippen molar-refractivity contribution in [2.75, 3.05) is 6.54 Å². The number of halogens is 1. The van der Waals surface area contributed by atoms with Gasteiger partial charge in [-0.05, 0) is 48.6 Å². The lowest BCUT2D eigenvalue weighted by Gasteiger charge is -2.37. The maximum Gasteiger partial charge on any atom is 0.137 e. The normalized spacial score (nSPS) is 22.4. The Kier molecular flexibility index (Phi) is 4.64. The standard InChI is InChI=1S/C19H20FNO/c20-18-8-6-16(7-9-18)17-10-11-21(19(12-17)14-22)13-15-4-2-1-3-5-15/h1-9,14,17,19H,10-13H2/t17-,19?/m1/s1. The minimum Gasteiger partial charge on any atom is -0.302 e. The van der Waals surface area contributed by atoms with Crippen molar-refractivity contribution in [3.8, 4) is 0 Å². The SMILES string of the molecule is O=CC1C[C@H](c2ccc(F)cc2)CCN1Cc1ccccc1. The fourth-order valence-corrected chi connectivity index (χ4v) is 3.24. The molecule has 2 atom stereocenters. The molecule has 0 radical (unpaired) electrons. The molecule has 1 aliphatic heterocycles. The van der Waals surface area contributed by atoms with E-state index in [9.17, 15) is 9.18 Å². The summed E-state index contributed by atoms with van der Waals surface area (Å²) >= 11 is 0. The molecule has 0 saturated carbocycles. The second kappa shape index (κ2) is 6.84. The summed E-state index contributed by atoms with van der Waals surface area (Å²) < 4.78 is 13.0. The third kappa shape index (κ3) is 3.42. The summed E-state index contributed by atoms with van der Waals surface area (Å²) in [5.41, 5.74) is 2.36. The van der Waals surface area contributed by atoms with Crippen molar-refractivity contribution < 1.29 is 9.18 Å². The van der Waals surface area contributed by atoms with Gasteiger partial charge in [0.25, 0.3) is 0 Å². The Morgan fingerprint density at radius 1 is 1.09 bits per heavy atom. The molecule has 2 aromatic carbocycles. The second-order valence-corrected chi connectivity index (χ2v) is 5.93. The van der Waals surface area contributed by atoms with E-state index in [-0.39, 0.29) is 11.9 Å². The number of benzene rings is 2. The first-order valence-electron chi connectivity index (χ1n) is 7.75. The number of hydrogen-bond donors (Lipinski definition) is 0. The summed E-state index contributed by atoms with van der Waals surface area (Å²) in [6.45, 7) is 1.70. The van der Waals surface area contributed by atoms with Gasteiger partial charge in [0.2, 0.25) is 0 Å². The predicted molar refractivity (Wildman–Crippen MR) is 85.1 cm³/mol. The van der Waals surface area contributed by atoms with Crippen molar-refractivity contribution in [2.24, 2.45) is 0 Å². The van der Waals surface area contributed by atoms with Gasteiger partial charge in [-0.3, -0.25) is 4.90 Å². The zero-order valence-corrected chi connectivity index (χ0v) is 12.5. The molecule has 1 saturated heterocycles. The van der Waals surface area contributed by atoms with Gasteiger partial charge in [0.05, 0.1) is 6.04 Å². The summed E-state index contributed by atoms with van der Waals surface area (Å²) in [5.74, 6) is 0.125. The van der Waals surface area contributed by atoms with Crippen LogP contribution in [0.2, 0.25) is 0 Å². The Labute approximate surface area is 130 Å². The zero-order chi connectivity index (χ0) is 15.4. The van der Waals surface area contributed by atoms with E-state index in [1.165, 1.54) is 17.7 Å². The van der Waals surface area contributed by atoms with Crippen LogP contribution in [0.1, 0.15) is 29.9 Å². The highest BCUT2D eigenvalue weighted by molar-refractivity contribution is 5.58. The Balaban J connectivity index is 1.68. The van der Waals surface area contributed by atoms with Gasteiger partial charge in [-0.15, -0.1) is 0 Å². The molecular formula is C19H20FNO. The van der Waals surface area contributed by atoms with Gasteiger partial charge in [0, 0.05) is 6.54 Å². The molecule has 0 N–H and O–H groups in total. The van der Waals surface area contributed by atoms with Gasteiger partial charge in [-0.2, -0.15) is 0 Å². The Morgan fingerprint density at radius 2 is 1.82 bits per heavy atom. The van der Waals surface area contributed by atoms with Crippen molar-refractivity contribution in [3.05, 3.63) is 71.5 Å². The number of carbonyl (C=O) groups excluding carboxylic acids is 1. The highest BCUT2D eigenvalue weighted by Gasteiger charge is 2.28. The Hall–Kier alpha value is -2.00. The predicted octanol–water partition coefficient (Wildman–Crippen LogP) is 3.77. The van der Waals surface area contributed by atoms with E-state index in [1.54, 1.807) is 0 Å². The van der Waals surface area contributed by atoms with Gasteiger partial charge in [0.15, 0.2) is 0 Å². The number of carbonyl (C=O) groups is 1. The van der Waals surface area contributed by atoms with Crippen molar-refractivity contribution in [3.63, 3.8) is 0 Å². The summed E-state index contributed by atoms with van der Waals surface area (Å²) in [4.78, 5) is 13.7. The number of piperidine rings is 1. The van der Waals surface area contributed by atoms with Gasteiger partial charge in [-0.1, -0.05) is 42.5 Å². The van der Waals surface area contributed by atoms with E-state index < -0.39 is 0 Å². The first-order valence-corrected chi connectivity index (χ1v) is 7.75. The quantitative estimate of drug-likeness (QED) is 0.801. The minimum atomic E-state index is -0.211. The Morgan fingerprint density at radius 3 is 2.50 bits per heavy atom. The lowest BCUT2D eigenvalue weighted by molar-refractivity contribution is -0.114. The first kappa shape index (κ1) is 14.9. The monoisotopic (exact) mass is 297 g/mol. The van der Waals surface area contributed by atoms with Crippen LogP contribution in [0, 0.1) is 5.82 Å². The smallest absolute Gasteiger partial charge is 0.137 e. The number of likely N-dealkylation sites (tertiary alicyclic amines) is 1. The van der Waals surface area contributed by atoms with E-state index in [0.29, 0.717) is 5.92 Å². The molecule has 3 heteroatoms. The molecule has 1 aliphatic rings. The highest BCUT2D eigenvalue weighted by Crippen LogP contribution is 2.31. The van der Waals surface area contributed by atoms with E-state index in [2.05, 4.69) is 17.0 Å². The molecule has 1 fully saturated rings. The summed E-state index contributed by atoms with van der Waals surface area (Å²) in [6.07, 6.45) is 2.86. The molecule has 0 spiro atoms. The largest absolute Gasteiger partial charge is 0.302 e. The van der Waals surface area contributed by atoms with E-state index in [4.69, 9.17) is 0 Å². The van der Waals surface area contributed by atoms with Crippen LogP contribution in [0.25, 0.3) is 0 Å². The lowest BCUT2D eigenvalue weighted by atomic mass is 9.85. The molecule has 0 amide bonds. The third-order valence-electron chi connectivity index (χ3n) is 4.49. The molecular weight excluding hydrogens is 277 g/mol. The topological polar surface area (TPSA) is 20.3 Å². The fourth-order valence-electron chi connectivity index (χ4n) is 3.24. The fraction of sp³-hybridized carbons (Fsp3) is 0.316. The molecule has 0 aliphatic carbocycles. The highest BCUT2D eigenvalue weighted by atomic mass is 19.1. The van der Waals surface area contributed by atoms with Crippen molar-refractivity contribution in [1.29, 1.82) is 0 Å². The first-order chi connectivity index (χ1) is 10.8. The van der Waals surface area contributed by atoms with Crippen molar-refractivity contribution in [2.45, 2.75) is 31.3 Å². The molecule has 2 nitrogen and oxygen atoms in total. The molecule has 2 aromatic rings. The van der Waals surface area contributed by atoms with Crippen LogP contribution in [-0.4, -0.2) is 23.8 Å². The van der Waals surface area contributed by atoms with Crippen LogP contribution in [0.15, 0.2) is 54.6 Å². The van der Waals surface area contributed by atoms with Crippen molar-refractivity contribution in [1.82, 2.24) is 4.90 Å². The van der Waals surface area contributed by atoms with E-state index in [1.807, 2.05) is 30.3 Å². The van der Waals surface area contributed by atoms with Crippen LogP contribution >= 0.6 is 0 Å². The molecule has 1 unspecified atom stereocenters. The lowest BCUT2D eigenvalue weighted by Crippen LogP contribution is -2.42. The van der Waals surface area contributed by atoms with Gasteiger partial charge >= 0.3 is 0 Å². The number of rotatable bonds is 4. The van der Waals surface area contributed by atoms with Crippen LogP contribution in [0.3, 0.4) is 0 Å². The third-order valence-corrected chi connectivity index (χ3v) is 4.49. The van der Waals surface area contributed by atoms with Crippen LogP contribution in [0.5, 0.6) is 0 Å². The summed E-state index contributed by atoms with van der Waals surface area (Å²) in [7, 11) is 0. The molecule has 0 bridgehead atoms. The van der Waals surface area contributed by atoms with Crippen LogP contribution in [0.4, 0.5) is 4.39 Å². The number of aldehydes is 1. The molecule has 0 aromatic heterocycles. The maximum absolute atomic E-state index is 13.0. The van der Waals surface area contributed by atoms with Crippen molar-refractivity contribution >= 4 is 6.29 Å². The number of hydrogen-bond acceptors (Lipinski definition) is 2. The average molecular weight is 297 g/mol.